The SMILES string of the molecule is CC[C@H](C)NC(=O)[C@H](CC)N(Cc1ccc(Cl)c(Cl)c1)C(=O)COc1ccccc1Cl. The number of hydrogen-bond donors (Lipinski definition) is 1. The van der Waals surface area contributed by atoms with Crippen LogP contribution in [0.3, 0.4) is 0 Å². The monoisotopic (exact) mass is 484 g/mol. The normalized spacial score (nSPS) is 12.7. The van der Waals surface area contributed by atoms with E-state index in [-0.39, 0.29) is 31.0 Å². The molecule has 0 radical (unpaired) electrons. The highest BCUT2D eigenvalue weighted by atomic mass is 35.5. The highest BCUT2D eigenvalue weighted by molar-refractivity contribution is 6.42. The fraction of sp³-hybridized carbons (Fsp3) is 0.391. The minimum absolute atomic E-state index is 0.00264. The number of carbonyl (C=O) groups excluding carboxylic acids is 2. The summed E-state index contributed by atoms with van der Waals surface area (Å²) in [7, 11) is 0. The van der Waals surface area contributed by atoms with Gasteiger partial charge < -0.3 is 15.0 Å². The number of amides is 2. The molecule has 2 amide bonds. The van der Waals surface area contributed by atoms with Crippen LogP contribution in [-0.4, -0.2) is 35.4 Å². The van der Waals surface area contributed by atoms with E-state index in [4.69, 9.17) is 39.5 Å². The molecule has 0 saturated heterocycles. The zero-order chi connectivity index (χ0) is 23.0. The lowest BCUT2D eigenvalue weighted by Crippen LogP contribution is -2.51. The van der Waals surface area contributed by atoms with Crippen LogP contribution in [0.1, 0.15) is 39.2 Å². The molecule has 0 fully saturated rings. The van der Waals surface area contributed by atoms with E-state index in [0.29, 0.717) is 27.2 Å². The molecule has 0 aliphatic rings. The van der Waals surface area contributed by atoms with Crippen LogP contribution in [0.15, 0.2) is 42.5 Å². The molecule has 1 N–H and O–H groups in total. The molecule has 0 bridgehead atoms. The summed E-state index contributed by atoms with van der Waals surface area (Å²) in [5, 5.41) is 4.18. The Labute approximate surface area is 198 Å². The molecular formula is C23H27Cl3N2O3. The zero-order valence-corrected chi connectivity index (χ0v) is 20.1. The van der Waals surface area contributed by atoms with Gasteiger partial charge in [0.1, 0.15) is 11.8 Å². The number of para-hydroxylation sites is 1. The van der Waals surface area contributed by atoms with Gasteiger partial charge in [0.15, 0.2) is 6.61 Å². The number of nitrogens with one attached hydrogen (secondary N) is 1. The molecule has 0 heterocycles. The van der Waals surface area contributed by atoms with Gasteiger partial charge in [-0.05, 0) is 49.6 Å². The molecule has 2 aromatic rings. The summed E-state index contributed by atoms with van der Waals surface area (Å²) in [4.78, 5) is 27.6. The molecule has 2 rings (SSSR count). The first kappa shape index (κ1) is 25.3. The van der Waals surface area contributed by atoms with Crippen LogP contribution in [0, 0.1) is 0 Å². The largest absolute Gasteiger partial charge is 0.482 e. The summed E-state index contributed by atoms with van der Waals surface area (Å²) in [6.45, 7) is 5.72. The first-order valence-electron chi connectivity index (χ1n) is 10.2. The Kier molecular flexibility index (Phi) is 9.94. The van der Waals surface area contributed by atoms with Gasteiger partial charge in [0, 0.05) is 12.6 Å². The van der Waals surface area contributed by atoms with Gasteiger partial charge in [-0.15, -0.1) is 0 Å². The maximum Gasteiger partial charge on any atom is 0.261 e. The molecule has 0 saturated carbocycles. The number of ether oxygens (including phenoxy) is 1. The molecule has 2 aromatic carbocycles. The molecule has 31 heavy (non-hydrogen) atoms. The molecule has 0 aliphatic heterocycles. The molecule has 168 valence electrons. The van der Waals surface area contributed by atoms with E-state index >= 15 is 0 Å². The van der Waals surface area contributed by atoms with Crippen molar-refractivity contribution >= 4 is 46.6 Å². The van der Waals surface area contributed by atoms with E-state index in [1.807, 2.05) is 20.8 Å². The number of benzene rings is 2. The van der Waals surface area contributed by atoms with Crippen LogP contribution in [-0.2, 0) is 16.1 Å². The molecule has 8 heteroatoms. The average molecular weight is 486 g/mol. The predicted molar refractivity (Wildman–Crippen MR) is 126 cm³/mol. The van der Waals surface area contributed by atoms with E-state index in [9.17, 15) is 9.59 Å². The Morgan fingerprint density at radius 3 is 2.32 bits per heavy atom. The van der Waals surface area contributed by atoms with Gasteiger partial charge in [0.05, 0.1) is 15.1 Å². The highest BCUT2D eigenvalue weighted by Gasteiger charge is 2.29. The Bertz CT molecular complexity index is 907. The fourth-order valence-electron chi connectivity index (χ4n) is 2.98. The maximum absolute atomic E-state index is 13.2. The van der Waals surface area contributed by atoms with Crippen LogP contribution in [0.25, 0.3) is 0 Å². The number of hydrogen-bond acceptors (Lipinski definition) is 3. The van der Waals surface area contributed by atoms with Crippen LogP contribution in [0.2, 0.25) is 15.1 Å². The van der Waals surface area contributed by atoms with Crippen molar-refractivity contribution in [3.05, 3.63) is 63.1 Å². The van der Waals surface area contributed by atoms with E-state index < -0.39 is 6.04 Å². The van der Waals surface area contributed by atoms with Crippen LogP contribution >= 0.6 is 34.8 Å². The second-order valence-electron chi connectivity index (χ2n) is 7.23. The Hall–Kier alpha value is -1.95. The molecule has 0 aliphatic carbocycles. The Balaban J connectivity index is 2.26. The molecular weight excluding hydrogens is 459 g/mol. The lowest BCUT2D eigenvalue weighted by Gasteiger charge is -2.31. The fourth-order valence-corrected chi connectivity index (χ4v) is 3.49. The van der Waals surface area contributed by atoms with Crippen molar-refractivity contribution in [3.8, 4) is 5.75 Å². The van der Waals surface area contributed by atoms with Crippen molar-refractivity contribution in [2.45, 2.75) is 52.2 Å². The number of rotatable bonds is 10. The van der Waals surface area contributed by atoms with E-state index in [1.54, 1.807) is 42.5 Å². The summed E-state index contributed by atoms with van der Waals surface area (Å²) < 4.78 is 5.63. The zero-order valence-electron chi connectivity index (χ0n) is 17.8. The van der Waals surface area contributed by atoms with Gasteiger partial charge >= 0.3 is 0 Å². The van der Waals surface area contributed by atoms with Gasteiger partial charge in [0.25, 0.3) is 5.91 Å². The summed E-state index contributed by atoms with van der Waals surface area (Å²) in [6, 6.07) is 11.4. The smallest absolute Gasteiger partial charge is 0.261 e. The van der Waals surface area contributed by atoms with Crippen molar-refractivity contribution < 1.29 is 14.3 Å². The molecule has 5 nitrogen and oxygen atoms in total. The maximum atomic E-state index is 13.2. The van der Waals surface area contributed by atoms with Crippen LogP contribution in [0.5, 0.6) is 5.75 Å². The summed E-state index contributed by atoms with van der Waals surface area (Å²) in [5.74, 6) is -0.135. The van der Waals surface area contributed by atoms with Gasteiger partial charge in [0.2, 0.25) is 5.91 Å². The number of halogens is 3. The number of nitrogens with zero attached hydrogens (tertiary/aromatic N) is 1. The first-order chi connectivity index (χ1) is 14.8. The lowest BCUT2D eigenvalue weighted by atomic mass is 10.1. The highest BCUT2D eigenvalue weighted by Crippen LogP contribution is 2.25. The second kappa shape index (κ2) is 12.2. The third kappa shape index (κ3) is 7.30. The third-order valence-electron chi connectivity index (χ3n) is 4.91. The standard InChI is InChI=1S/C23H27Cl3N2O3/c1-4-15(3)27-23(30)20(5-2)28(13-16-10-11-17(24)19(26)12-16)22(29)14-31-21-9-7-6-8-18(21)25/h6-12,15,20H,4-5,13-14H2,1-3H3,(H,27,30)/t15-,20-/m0/s1. The van der Waals surface area contributed by atoms with Crippen molar-refractivity contribution in [3.63, 3.8) is 0 Å². The topological polar surface area (TPSA) is 58.6 Å². The molecule has 0 unspecified atom stereocenters. The summed E-state index contributed by atoms with van der Waals surface area (Å²) in [6.07, 6.45) is 1.24. The summed E-state index contributed by atoms with van der Waals surface area (Å²) in [5.41, 5.74) is 0.760. The minimum atomic E-state index is -0.661. The quantitative estimate of drug-likeness (QED) is 0.466. The minimum Gasteiger partial charge on any atom is -0.482 e. The van der Waals surface area contributed by atoms with E-state index in [2.05, 4.69) is 5.32 Å². The lowest BCUT2D eigenvalue weighted by molar-refractivity contribution is -0.143. The number of carbonyl (C=O) groups is 2. The van der Waals surface area contributed by atoms with Crippen molar-refractivity contribution in [1.82, 2.24) is 10.2 Å². The summed E-state index contributed by atoms with van der Waals surface area (Å²) >= 11 is 18.3. The van der Waals surface area contributed by atoms with Gasteiger partial charge in [-0.3, -0.25) is 9.59 Å². The van der Waals surface area contributed by atoms with Crippen molar-refractivity contribution in [2.75, 3.05) is 6.61 Å². The van der Waals surface area contributed by atoms with Crippen molar-refractivity contribution in [1.29, 1.82) is 0 Å². The van der Waals surface area contributed by atoms with Gasteiger partial charge in [-0.25, -0.2) is 0 Å². The molecule has 0 aromatic heterocycles. The Morgan fingerprint density at radius 2 is 1.71 bits per heavy atom. The average Bonchev–Trinajstić information content (AvgIpc) is 2.75. The van der Waals surface area contributed by atoms with E-state index in [0.717, 1.165) is 12.0 Å². The van der Waals surface area contributed by atoms with Crippen LogP contribution in [0.4, 0.5) is 0 Å². The predicted octanol–water partition coefficient (Wildman–Crippen LogP) is 5.75. The van der Waals surface area contributed by atoms with Crippen LogP contribution < -0.4 is 10.1 Å². The van der Waals surface area contributed by atoms with Crippen molar-refractivity contribution in [2.24, 2.45) is 0 Å². The third-order valence-corrected chi connectivity index (χ3v) is 5.96. The molecule has 0 spiro atoms. The second-order valence-corrected chi connectivity index (χ2v) is 8.45. The molecule has 2 atom stereocenters. The van der Waals surface area contributed by atoms with Gasteiger partial charge in [-0.2, -0.15) is 0 Å². The van der Waals surface area contributed by atoms with Gasteiger partial charge in [-0.1, -0.05) is 66.8 Å². The first-order valence-corrected chi connectivity index (χ1v) is 11.3. The Morgan fingerprint density at radius 1 is 1.00 bits per heavy atom. The van der Waals surface area contributed by atoms with E-state index in [1.165, 1.54) is 4.90 Å².